The lowest BCUT2D eigenvalue weighted by molar-refractivity contribution is -0.140. The zero-order chi connectivity index (χ0) is 15.1. The molecule has 20 heavy (non-hydrogen) atoms. The number of likely N-dealkylation sites (tertiary alicyclic amines) is 1. The lowest BCUT2D eigenvalue weighted by Gasteiger charge is -2.30. The molecule has 1 fully saturated rings. The highest BCUT2D eigenvalue weighted by Crippen LogP contribution is 2.16. The van der Waals surface area contributed by atoms with E-state index in [1.807, 2.05) is 0 Å². The molecule has 2 unspecified atom stereocenters. The Morgan fingerprint density at radius 2 is 2.20 bits per heavy atom. The average Bonchev–Trinajstić information content (AvgIpc) is 2.42. The minimum absolute atomic E-state index is 0.134. The number of hydrogen-bond acceptors (Lipinski definition) is 4. The van der Waals surface area contributed by atoms with Crippen molar-refractivity contribution in [2.75, 3.05) is 26.7 Å². The third-order valence-electron chi connectivity index (χ3n) is 3.34. The van der Waals surface area contributed by atoms with Crippen LogP contribution in [0.2, 0.25) is 0 Å². The number of methoxy groups -OCH3 is 1. The topological polar surface area (TPSA) is 122 Å². The van der Waals surface area contributed by atoms with E-state index in [9.17, 15) is 14.4 Å². The second kappa shape index (κ2) is 7.68. The molecule has 4 N–H and O–H groups in total. The first-order valence-corrected chi connectivity index (χ1v) is 6.50. The number of carboxylic acids is 1. The van der Waals surface area contributed by atoms with Crippen molar-refractivity contribution in [3.05, 3.63) is 0 Å². The lowest BCUT2D eigenvalue weighted by Crippen LogP contribution is -2.48. The Morgan fingerprint density at radius 1 is 1.50 bits per heavy atom. The molecule has 1 aliphatic heterocycles. The third kappa shape index (κ3) is 5.04. The Hall–Kier alpha value is -1.83. The molecule has 0 aromatic rings. The number of nitrogens with one attached hydrogen (secondary N) is 1. The highest BCUT2D eigenvalue weighted by atomic mass is 16.5. The molecule has 0 spiro atoms. The van der Waals surface area contributed by atoms with E-state index in [1.165, 1.54) is 12.0 Å². The maximum atomic E-state index is 12.0. The van der Waals surface area contributed by atoms with Crippen molar-refractivity contribution in [3.63, 3.8) is 0 Å². The number of nitrogens with two attached hydrogens (primary N) is 1. The zero-order valence-electron chi connectivity index (χ0n) is 11.5. The number of amides is 3. The van der Waals surface area contributed by atoms with Crippen molar-refractivity contribution in [1.82, 2.24) is 10.2 Å². The van der Waals surface area contributed by atoms with Crippen molar-refractivity contribution in [3.8, 4) is 0 Å². The van der Waals surface area contributed by atoms with E-state index >= 15 is 0 Å². The van der Waals surface area contributed by atoms with Crippen LogP contribution in [0.15, 0.2) is 0 Å². The summed E-state index contributed by atoms with van der Waals surface area (Å²) < 4.78 is 4.98. The third-order valence-corrected chi connectivity index (χ3v) is 3.34. The first-order valence-electron chi connectivity index (χ1n) is 6.50. The molecule has 1 aliphatic rings. The quantitative estimate of drug-likeness (QED) is 0.601. The van der Waals surface area contributed by atoms with Crippen LogP contribution >= 0.6 is 0 Å². The lowest BCUT2D eigenvalue weighted by atomic mass is 9.97. The van der Waals surface area contributed by atoms with E-state index in [4.69, 9.17) is 15.6 Å². The van der Waals surface area contributed by atoms with Crippen LogP contribution < -0.4 is 11.1 Å². The summed E-state index contributed by atoms with van der Waals surface area (Å²) >= 11 is 0. The van der Waals surface area contributed by atoms with Gasteiger partial charge < -0.3 is 25.8 Å². The summed E-state index contributed by atoms with van der Waals surface area (Å²) in [6.45, 7) is 1.01. The number of primary amides is 1. The van der Waals surface area contributed by atoms with Gasteiger partial charge in [0.25, 0.3) is 0 Å². The van der Waals surface area contributed by atoms with E-state index < -0.39 is 18.1 Å². The molecule has 114 valence electrons. The van der Waals surface area contributed by atoms with Crippen molar-refractivity contribution in [2.45, 2.75) is 25.4 Å². The van der Waals surface area contributed by atoms with Crippen LogP contribution in [0.25, 0.3) is 0 Å². The van der Waals surface area contributed by atoms with Gasteiger partial charge in [0.1, 0.15) is 0 Å². The van der Waals surface area contributed by atoms with Crippen molar-refractivity contribution < 1.29 is 24.2 Å². The largest absolute Gasteiger partial charge is 0.481 e. The van der Waals surface area contributed by atoms with E-state index in [0.717, 1.165) is 6.42 Å². The van der Waals surface area contributed by atoms with Crippen LogP contribution in [0.1, 0.15) is 19.3 Å². The molecule has 0 aromatic carbocycles. The van der Waals surface area contributed by atoms with Gasteiger partial charge in [0.2, 0.25) is 5.91 Å². The van der Waals surface area contributed by atoms with Gasteiger partial charge in [0, 0.05) is 26.7 Å². The Kier molecular flexibility index (Phi) is 6.23. The molecular weight excluding hydrogens is 266 g/mol. The minimum atomic E-state index is -0.983. The fourth-order valence-corrected chi connectivity index (χ4v) is 2.18. The van der Waals surface area contributed by atoms with Gasteiger partial charge in [-0.2, -0.15) is 0 Å². The monoisotopic (exact) mass is 287 g/mol. The number of carbonyl (C=O) groups is 3. The smallest absolute Gasteiger partial charge is 0.314 e. The molecule has 2 atom stereocenters. The number of urea groups is 1. The van der Waals surface area contributed by atoms with Crippen LogP contribution in [0, 0.1) is 5.92 Å². The van der Waals surface area contributed by atoms with Crippen molar-refractivity contribution in [1.29, 1.82) is 0 Å². The predicted octanol–water partition coefficient (Wildman–Crippen LogP) is -0.617. The summed E-state index contributed by atoms with van der Waals surface area (Å²) in [4.78, 5) is 35.1. The van der Waals surface area contributed by atoms with Crippen LogP contribution in [0.5, 0.6) is 0 Å². The number of nitrogens with zero attached hydrogens (tertiary/aromatic N) is 1. The highest BCUT2D eigenvalue weighted by molar-refractivity contribution is 5.80. The standard InChI is InChI=1S/C12H21N3O5/c1-20-9(5-10(16)17)6-14-11(18)8-3-2-4-15(7-8)12(13)19/h8-9H,2-7H2,1H3,(H2,13,19)(H,14,18)(H,16,17). The summed E-state index contributed by atoms with van der Waals surface area (Å²) in [5.74, 6) is -1.49. The van der Waals surface area contributed by atoms with Crippen molar-refractivity contribution >= 4 is 17.9 Å². The SMILES string of the molecule is COC(CNC(=O)C1CCCN(C(N)=O)C1)CC(=O)O. The number of aliphatic carboxylic acids is 1. The first kappa shape index (κ1) is 16.2. The second-order valence-electron chi connectivity index (χ2n) is 4.82. The second-order valence-corrected chi connectivity index (χ2v) is 4.82. The summed E-state index contributed by atoms with van der Waals surface area (Å²) in [5.41, 5.74) is 5.20. The summed E-state index contributed by atoms with van der Waals surface area (Å²) in [6, 6.07) is -0.525. The number of piperidine rings is 1. The van der Waals surface area contributed by atoms with Gasteiger partial charge in [0.05, 0.1) is 18.4 Å². The zero-order valence-corrected chi connectivity index (χ0v) is 11.5. The number of rotatable bonds is 6. The number of ether oxygens (including phenoxy) is 1. The summed E-state index contributed by atoms with van der Waals surface area (Å²) in [7, 11) is 1.40. The van der Waals surface area contributed by atoms with E-state index in [1.54, 1.807) is 0 Å². The van der Waals surface area contributed by atoms with Gasteiger partial charge in [-0.15, -0.1) is 0 Å². The molecule has 1 heterocycles. The number of hydrogen-bond donors (Lipinski definition) is 3. The molecule has 0 saturated carbocycles. The Labute approximate surface area is 117 Å². The molecular formula is C12H21N3O5. The summed E-state index contributed by atoms with van der Waals surface area (Å²) in [6.07, 6.45) is 0.678. The minimum Gasteiger partial charge on any atom is -0.481 e. The molecule has 1 rings (SSSR count). The van der Waals surface area contributed by atoms with Crippen LogP contribution in [0.3, 0.4) is 0 Å². The average molecular weight is 287 g/mol. The molecule has 0 aromatic heterocycles. The van der Waals surface area contributed by atoms with Gasteiger partial charge in [0.15, 0.2) is 0 Å². The maximum Gasteiger partial charge on any atom is 0.314 e. The summed E-state index contributed by atoms with van der Waals surface area (Å²) in [5, 5.41) is 11.3. The van der Waals surface area contributed by atoms with E-state index in [-0.39, 0.29) is 24.8 Å². The molecule has 8 heteroatoms. The molecule has 0 bridgehead atoms. The van der Waals surface area contributed by atoms with Gasteiger partial charge in [-0.3, -0.25) is 9.59 Å². The molecule has 3 amide bonds. The van der Waals surface area contributed by atoms with Gasteiger partial charge in [-0.25, -0.2) is 4.79 Å². The maximum absolute atomic E-state index is 12.0. The van der Waals surface area contributed by atoms with Gasteiger partial charge >= 0.3 is 12.0 Å². The van der Waals surface area contributed by atoms with E-state index in [2.05, 4.69) is 5.32 Å². The van der Waals surface area contributed by atoms with E-state index in [0.29, 0.717) is 19.5 Å². The molecule has 0 aliphatic carbocycles. The van der Waals surface area contributed by atoms with Crippen molar-refractivity contribution in [2.24, 2.45) is 11.7 Å². The van der Waals surface area contributed by atoms with Gasteiger partial charge in [-0.05, 0) is 12.8 Å². The fourth-order valence-electron chi connectivity index (χ4n) is 2.18. The molecule has 1 saturated heterocycles. The molecule has 8 nitrogen and oxygen atoms in total. The number of carboxylic acid groups (broad SMARTS) is 1. The number of carbonyl (C=O) groups excluding carboxylic acids is 2. The first-order chi connectivity index (χ1) is 9.43. The Morgan fingerprint density at radius 3 is 2.75 bits per heavy atom. The van der Waals surface area contributed by atoms with Crippen LogP contribution in [0.4, 0.5) is 4.79 Å². The van der Waals surface area contributed by atoms with Crippen LogP contribution in [-0.4, -0.2) is 60.8 Å². The Bertz CT molecular complexity index is 374. The predicted molar refractivity (Wildman–Crippen MR) is 69.9 cm³/mol. The van der Waals surface area contributed by atoms with Gasteiger partial charge in [-0.1, -0.05) is 0 Å². The molecule has 0 radical (unpaired) electrons. The fraction of sp³-hybridized carbons (Fsp3) is 0.750. The normalized spacial score (nSPS) is 20.2. The van der Waals surface area contributed by atoms with Crippen LogP contribution in [-0.2, 0) is 14.3 Å². The highest BCUT2D eigenvalue weighted by Gasteiger charge is 2.27. The Balaban J connectivity index is 2.41.